The monoisotopic (exact) mass is 494 g/mol. The molecule has 0 bridgehead atoms. The zero-order valence-corrected chi connectivity index (χ0v) is 18.6. The predicted molar refractivity (Wildman–Crippen MR) is 117 cm³/mol. The lowest BCUT2D eigenvalue weighted by Crippen LogP contribution is -2.36. The second-order valence-electron chi connectivity index (χ2n) is 6.77. The Bertz CT molecular complexity index is 1220. The van der Waals surface area contributed by atoms with Crippen LogP contribution >= 0.6 is 11.8 Å². The quantitative estimate of drug-likeness (QED) is 0.268. The fraction of sp³-hybridized carbons (Fsp3) is 0.182. The van der Waals surface area contributed by atoms with Gasteiger partial charge in [0.1, 0.15) is 6.54 Å². The van der Waals surface area contributed by atoms with Crippen molar-refractivity contribution in [2.24, 2.45) is 0 Å². The lowest BCUT2D eigenvalue weighted by Gasteiger charge is -2.13. The van der Waals surface area contributed by atoms with Crippen molar-refractivity contribution in [3.05, 3.63) is 58.3 Å². The topological polar surface area (TPSA) is 102 Å². The van der Waals surface area contributed by atoms with Crippen LogP contribution in [0.25, 0.3) is 6.08 Å². The summed E-state index contributed by atoms with van der Waals surface area (Å²) in [6, 6.07) is 5.95. The highest BCUT2D eigenvalue weighted by Gasteiger charge is 2.36. The Morgan fingerprint density at radius 1 is 1.09 bits per heavy atom. The molecule has 1 heterocycles. The molecule has 0 radical (unpaired) electrons. The number of hydrogen-bond donors (Lipinski definition) is 1. The zero-order valence-electron chi connectivity index (χ0n) is 17.8. The maximum Gasteiger partial charge on any atom is 0.308 e. The number of ether oxygens (including phenoxy) is 2. The summed E-state index contributed by atoms with van der Waals surface area (Å²) in [6.07, 6.45) is 1.39. The van der Waals surface area contributed by atoms with E-state index in [0.717, 1.165) is 6.07 Å². The molecule has 0 saturated carbocycles. The Morgan fingerprint density at radius 3 is 2.50 bits per heavy atom. The molecule has 2 aromatic carbocycles. The second-order valence-corrected chi connectivity index (χ2v) is 7.76. The molecule has 0 aliphatic carbocycles. The van der Waals surface area contributed by atoms with Gasteiger partial charge in [-0.15, -0.1) is 0 Å². The number of nitrogens with zero attached hydrogens (tertiary/aromatic N) is 1. The summed E-state index contributed by atoms with van der Waals surface area (Å²) >= 11 is 0.575. The Labute approximate surface area is 195 Å². The molecular formula is C22H17F3N2O6S. The molecule has 178 valence electrons. The summed E-state index contributed by atoms with van der Waals surface area (Å²) in [6.45, 7) is 2.47. The summed E-state index contributed by atoms with van der Waals surface area (Å²) in [5, 5.41) is 1.25. The standard InChI is InChI=1S/C22H17F3N2O6S/c1-3-32-16-8-12(4-7-15(16)33-11(2)28)9-17-21(30)27(22(31)34-17)10-18(29)26-14-6-5-13(23)19(24)20(14)25/h4-9H,3,10H2,1-2H3,(H,26,29)/b17-9+. The van der Waals surface area contributed by atoms with Crippen LogP contribution in [-0.4, -0.2) is 41.1 Å². The van der Waals surface area contributed by atoms with Crippen molar-refractivity contribution in [1.82, 2.24) is 4.90 Å². The van der Waals surface area contributed by atoms with E-state index in [1.54, 1.807) is 6.92 Å². The third-order valence-corrected chi connectivity index (χ3v) is 5.21. The molecule has 0 spiro atoms. The number of carbonyl (C=O) groups excluding carboxylic acids is 4. The van der Waals surface area contributed by atoms with Crippen molar-refractivity contribution in [2.75, 3.05) is 18.5 Å². The van der Waals surface area contributed by atoms with E-state index < -0.39 is 52.7 Å². The summed E-state index contributed by atoms with van der Waals surface area (Å²) < 4.78 is 50.6. The first-order valence-electron chi connectivity index (χ1n) is 9.74. The molecule has 0 aromatic heterocycles. The minimum absolute atomic E-state index is 0.000470. The van der Waals surface area contributed by atoms with Crippen LogP contribution in [0.5, 0.6) is 11.5 Å². The minimum Gasteiger partial charge on any atom is -0.490 e. The normalized spacial score (nSPS) is 14.5. The highest BCUT2D eigenvalue weighted by atomic mass is 32.2. The van der Waals surface area contributed by atoms with Crippen LogP contribution < -0.4 is 14.8 Å². The van der Waals surface area contributed by atoms with E-state index in [9.17, 15) is 32.3 Å². The molecule has 1 aliphatic heterocycles. The average Bonchev–Trinajstić information content (AvgIpc) is 3.03. The molecule has 34 heavy (non-hydrogen) atoms. The highest BCUT2D eigenvalue weighted by Crippen LogP contribution is 2.34. The first-order chi connectivity index (χ1) is 16.1. The van der Waals surface area contributed by atoms with Gasteiger partial charge in [-0.1, -0.05) is 6.07 Å². The summed E-state index contributed by atoms with van der Waals surface area (Å²) in [5.74, 6) is -6.69. The van der Waals surface area contributed by atoms with E-state index in [2.05, 4.69) is 0 Å². The van der Waals surface area contributed by atoms with Gasteiger partial charge in [0.05, 0.1) is 17.2 Å². The second kappa shape index (κ2) is 10.4. The molecule has 3 rings (SSSR count). The van der Waals surface area contributed by atoms with E-state index in [0.29, 0.717) is 28.3 Å². The van der Waals surface area contributed by atoms with Gasteiger partial charge in [0.25, 0.3) is 11.1 Å². The number of amides is 3. The maximum absolute atomic E-state index is 13.8. The van der Waals surface area contributed by atoms with E-state index in [-0.39, 0.29) is 23.0 Å². The number of anilines is 1. The van der Waals surface area contributed by atoms with Gasteiger partial charge in [-0.2, -0.15) is 0 Å². The number of imide groups is 1. The average molecular weight is 494 g/mol. The number of esters is 1. The van der Waals surface area contributed by atoms with Crippen LogP contribution in [-0.2, 0) is 14.4 Å². The first-order valence-corrected chi connectivity index (χ1v) is 10.6. The van der Waals surface area contributed by atoms with Crippen LogP contribution in [0.15, 0.2) is 35.2 Å². The number of benzene rings is 2. The van der Waals surface area contributed by atoms with Crippen molar-refractivity contribution in [2.45, 2.75) is 13.8 Å². The smallest absolute Gasteiger partial charge is 0.308 e. The van der Waals surface area contributed by atoms with Gasteiger partial charge >= 0.3 is 5.97 Å². The number of nitrogens with one attached hydrogen (secondary N) is 1. The van der Waals surface area contributed by atoms with Crippen molar-refractivity contribution < 1.29 is 41.8 Å². The number of thioether (sulfide) groups is 1. The van der Waals surface area contributed by atoms with E-state index in [4.69, 9.17) is 9.47 Å². The van der Waals surface area contributed by atoms with E-state index in [1.165, 1.54) is 31.2 Å². The molecule has 1 fully saturated rings. The van der Waals surface area contributed by atoms with Crippen LogP contribution in [0.3, 0.4) is 0 Å². The Balaban J connectivity index is 1.75. The van der Waals surface area contributed by atoms with Crippen LogP contribution in [0.2, 0.25) is 0 Å². The van der Waals surface area contributed by atoms with Crippen LogP contribution in [0.4, 0.5) is 23.7 Å². The van der Waals surface area contributed by atoms with Crippen molar-refractivity contribution >= 4 is 46.5 Å². The summed E-state index contributed by atoms with van der Waals surface area (Å²) in [4.78, 5) is 49.0. The molecule has 12 heteroatoms. The number of halogens is 3. The van der Waals surface area contributed by atoms with Crippen molar-refractivity contribution in [3.63, 3.8) is 0 Å². The predicted octanol–water partition coefficient (Wildman–Crippen LogP) is 4.10. The minimum atomic E-state index is -1.77. The van der Waals surface area contributed by atoms with Crippen molar-refractivity contribution in [1.29, 1.82) is 0 Å². The van der Waals surface area contributed by atoms with Gasteiger partial charge in [0, 0.05) is 6.92 Å². The van der Waals surface area contributed by atoms with E-state index >= 15 is 0 Å². The number of hydrogen-bond acceptors (Lipinski definition) is 7. The maximum atomic E-state index is 13.8. The third-order valence-electron chi connectivity index (χ3n) is 4.30. The fourth-order valence-corrected chi connectivity index (χ4v) is 3.70. The van der Waals surface area contributed by atoms with Gasteiger partial charge in [-0.3, -0.25) is 24.1 Å². The summed E-state index contributed by atoms with van der Waals surface area (Å²) in [7, 11) is 0. The molecule has 3 amide bonds. The molecule has 1 saturated heterocycles. The zero-order chi connectivity index (χ0) is 25.0. The van der Waals surface area contributed by atoms with Gasteiger partial charge < -0.3 is 14.8 Å². The van der Waals surface area contributed by atoms with Crippen molar-refractivity contribution in [3.8, 4) is 11.5 Å². The Kier molecular flexibility index (Phi) is 7.61. The first kappa shape index (κ1) is 24.8. The molecule has 0 unspecified atom stereocenters. The molecule has 1 N–H and O–H groups in total. The lowest BCUT2D eigenvalue weighted by atomic mass is 10.2. The SMILES string of the molecule is CCOc1cc(/C=C2/SC(=O)N(CC(=O)Nc3ccc(F)c(F)c3F)C2=O)ccc1OC(C)=O. The molecule has 8 nitrogen and oxygen atoms in total. The summed E-state index contributed by atoms with van der Waals surface area (Å²) in [5.41, 5.74) is -0.180. The van der Waals surface area contributed by atoms with Crippen LogP contribution in [0, 0.1) is 17.5 Å². The highest BCUT2D eigenvalue weighted by molar-refractivity contribution is 8.18. The lowest BCUT2D eigenvalue weighted by molar-refractivity contribution is -0.132. The van der Waals surface area contributed by atoms with Crippen LogP contribution in [0.1, 0.15) is 19.4 Å². The fourth-order valence-electron chi connectivity index (χ4n) is 2.87. The van der Waals surface area contributed by atoms with Gasteiger partial charge in [0.2, 0.25) is 5.91 Å². The number of rotatable bonds is 7. The Morgan fingerprint density at radius 2 is 1.82 bits per heavy atom. The van der Waals surface area contributed by atoms with Gasteiger partial charge in [-0.25, -0.2) is 13.2 Å². The number of carbonyl (C=O) groups is 4. The molecule has 0 atom stereocenters. The Hall–Kier alpha value is -3.80. The molecule has 1 aliphatic rings. The molecule has 2 aromatic rings. The van der Waals surface area contributed by atoms with Gasteiger partial charge in [-0.05, 0) is 54.6 Å². The van der Waals surface area contributed by atoms with E-state index in [1.807, 2.05) is 5.32 Å². The largest absolute Gasteiger partial charge is 0.490 e. The van der Waals surface area contributed by atoms with Gasteiger partial charge in [0.15, 0.2) is 29.0 Å². The molecular weight excluding hydrogens is 477 g/mol. The third kappa shape index (κ3) is 5.57.